The summed E-state index contributed by atoms with van der Waals surface area (Å²) < 4.78 is 17.6. The molecule has 0 fully saturated rings. The molecular weight excluding hydrogens is 398 g/mol. The lowest BCUT2D eigenvalue weighted by molar-refractivity contribution is 0.102. The SMILES string of the molecule is CCOc1ccccc1C(=O)Nc1ccc(OCc2cc(=O)n3oc(C)cc3n2)cc1. The second kappa shape index (κ2) is 8.74. The van der Waals surface area contributed by atoms with Crippen LogP contribution in [-0.2, 0) is 6.61 Å². The van der Waals surface area contributed by atoms with E-state index in [-0.39, 0.29) is 18.1 Å². The molecule has 4 rings (SSSR count). The maximum Gasteiger partial charge on any atom is 0.287 e. The molecule has 0 spiro atoms. The number of carbonyl (C=O) groups excluding carboxylic acids is 1. The van der Waals surface area contributed by atoms with Crippen LogP contribution >= 0.6 is 0 Å². The highest BCUT2D eigenvalue weighted by atomic mass is 16.5. The van der Waals surface area contributed by atoms with Gasteiger partial charge in [-0.3, -0.25) is 9.59 Å². The predicted molar refractivity (Wildman–Crippen MR) is 115 cm³/mol. The number of aryl methyl sites for hydroxylation is 1. The first-order valence-electron chi connectivity index (χ1n) is 9.79. The molecule has 4 aromatic rings. The molecule has 31 heavy (non-hydrogen) atoms. The molecule has 0 aliphatic carbocycles. The molecule has 158 valence electrons. The largest absolute Gasteiger partial charge is 0.493 e. The summed E-state index contributed by atoms with van der Waals surface area (Å²) in [6.07, 6.45) is 0. The lowest BCUT2D eigenvalue weighted by atomic mass is 10.2. The van der Waals surface area contributed by atoms with Crippen LogP contribution in [0.4, 0.5) is 5.69 Å². The summed E-state index contributed by atoms with van der Waals surface area (Å²) in [5.41, 5.74) is 1.72. The Kier molecular flexibility index (Phi) is 5.70. The molecule has 0 saturated heterocycles. The topological polar surface area (TPSA) is 95.1 Å². The molecule has 0 bridgehead atoms. The number of rotatable bonds is 7. The fourth-order valence-corrected chi connectivity index (χ4v) is 3.07. The first-order chi connectivity index (χ1) is 15.0. The van der Waals surface area contributed by atoms with Crippen LogP contribution in [0.15, 0.2) is 70.0 Å². The van der Waals surface area contributed by atoms with Gasteiger partial charge in [0.2, 0.25) is 0 Å². The molecular formula is C23H21N3O5. The van der Waals surface area contributed by atoms with Gasteiger partial charge in [-0.25, -0.2) is 4.98 Å². The number of para-hydroxylation sites is 1. The van der Waals surface area contributed by atoms with Crippen LogP contribution in [0, 0.1) is 6.92 Å². The van der Waals surface area contributed by atoms with Gasteiger partial charge in [0, 0.05) is 17.8 Å². The van der Waals surface area contributed by atoms with Crippen molar-refractivity contribution in [2.75, 3.05) is 11.9 Å². The Bertz CT molecular complexity index is 1270. The molecule has 0 aliphatic rings. The summed E-state index contributed by atoms with van der Waals surface area (Å²) in [6.45, 7) is 4.22. The van der Waals surface area contributed by atoms with E-state index in [9.17, 15) is 9.59 Å². The molecule has 0 radical (unpaired) electrons. The molecule has 0 atom stereocenters. The predicted octanol–water partition coefficient (Wildman–Crippen LogP) is 3.83. The molecule has 2 aromatic heterocycles. The minimum atomic E-state index is -0.304. The molecule has 0 saturated carbocycles. The lowest BCUT2D eigenvalue weighted by Crippen LogP contribution is -2.14. The molecule has 8 heteroatoms. The fraction of sp³-hybridized carbons (Fsp3) is 0.174. The molecule has 1 amide bonds. The van der Waals surface area contributed by atoms with Gasteiger partial charge < -0.3 is 19.3 Å². The maximum absolute atomic E-state index is 12.6. The molecule has 8 nitrogen and oxygen atoms in total. The minimum absolute atomic E-state index is 0.128. The highest BCUT2D eigenvalue weighted by Crippen LogP contribution is 2.21. The van der Waals surface area contributed by atoms with Crippen molar-refractivity contribution in [2.45, 2.75) is 20.5 Å². The Balaban J connectivity index is 1.41. The van der Waals surface area contributed by atoms with E-state index in [1.54, 1.807) is 55.5 Å². The third kappa shape index (κ3) is 4.58. The molecule has 0 unspecified atom stereocenters. The number of benzene rings is 2. The number of ether oxygens (including phenoxy) is 2. The van der Waals surface area contributed by atoms with Gasteiger partial charge in [-0.05, 0) is 50.2 Å². The van der Waals surface area contributed by atoms with Crippen LogP contribution in [-0.4, -0.2) is 22.1 Å². The van der Waals surface area contributed by atoms with Gasteiger partial charge >= 0.3 is 0 Å². The molecule has 1 N–H and O–H groups in total. The Morgan fingerprint density at radius 2 is 1.87 bits per heavy atom. The van der Waals surface area contributed by atoms with E-state index in [1.807, 2.05) is 13.0 Å². The number of hydrogen-bond donors (Lipinski definition) is 1. The smallest absolute Gasteiger partial charge is 0.287 e. The third-order valence-corrected chi connectivity index (χ3v) is 4.45. The van der Waals surface area contributed by atoms with Crippen molar-refractivity contribution in [3.63, 3.8) is 0 Å². The van der Waals surface area contributed by atoms with Crippen molar-refractivity contribution >= 4 is 17.2 Å². The third-order valence-electron chi connectivity index (χ3n) is 4.45. The molecule has 2 heterocycles. The van der Waals surface area contributed by atoms with Crippen LogP contribution in [0.1, 0.15) is 28.7 Å². The number of anilines is 1. The van der Waals surface area contributed by atoms with Gasteiger partial charge in [-0.2, -0.15) is 0 Å². The van der Waals surface area contributed by atoms with Gasteiger partial charge in [0.1, 0.15) is 23.9 Å². The van der Waals surface area contributed by atoms with E-state index < -0.39 is 0 Å². The van der Waals surface area contributed by atoms with E-state index in [4.69, 9.17) is 14.0 Å². The second-order valence-corrected chi connectivity index (χ2v) is 6.78. The zero-order chi connectivity index (χ0) is 21.8. The Hall–Kier alpha value is -4.07. The van der Waals surface area contributed by atoms with Crippen molar-refractivity contribution in [3.05, 3.63) is 88.0 Å². The summed E-state index contributed by atoms with van der Waals surface area (Å²) in [7, 11) is 0. The van der Waals surface area contributed by atoms with E-state index in [1.165, 1.54) is 6.07 Å². The number of carbonyl (C=O) groups is 1. The summed E-state index contributed by atoms with van der Waals surface area (Å²) in [5, 5.41) is 2.85. The highest BCUT2D eigenvalue weighted by molar-refractivity contribution is 6.06. The monoisotopic (exact) mass is 419 g/mol. The minimum Gasteiger partial charge on any atom is -0.493 e. The summed E-state index contributed by atoms with van der Waals surface area (Å²) >= 11 is 0. The number of amides is 1. The van der Waals surface area contributed by atoms with Crippen LogP contribution in [0.3, 0.4) is 0 Å². The van der Waals surface area contributed by atoms with Gasteiger partial charge in [-0.1, -0.05) is 12.1 Å². The Morgan fingerprint density at radius 3 is 2.65 bits per heavy atom. The maximum atomic E-state index is 12.6. The Labute approximate surface area is 178 Å². The number of hydrogen-bond acceptors (Lipinski definition) is 6. The lowest BCUT2D eigenvalue weighted by Gasteiger charge is -2.11. The number of nitrogens with zero attached hydrogens (tertiary/aromatic N) is 2. The second-order valence-electron chi connectivity index (χ2n) is 6.78. The van der Waals surface area contributed by atoms with E-state index in [2.05, 4.69) is 10.3 Å². The number of aromatic nitrogens is 2. The van der Waals surface area contributed by atoms with Gasteiger partial charge in [0.15, 0.2) is 5.65 Å². The highest BCUT2D eigenvalue weighted by Gasteiger charge is 2.12. The van der Waals surface area contributed by atoms with E-state index in [0.717, 1.165) is 4.57 Å². The number of fused-ring (bicyclic) bond motifs is 1. The quantitative estimate of drug-likeness (QED) is 0.489. The van der Waals surface area contributed by atoms with Gasteiger partial charge in [0.25, 0.3) is 11.5 Å². The molecule has 2 aromatic carbocycles. The zero-order valence-corrected chi connectivity index (χ0v) is 17.1. The summed E-state index contributed by atoms with van der Waals surface area (Å²) in [5.74, 6) is 1.46. The van der Waals surface area contributed by atoms with Crippen LogP contribution in [0.5, 0.6) is 11.5 Å². The van der Waals surface area contributed by atoms with Crippen molar-refractivity contribution in [1.29, 1.82) is 0 Å². The van der Waals surface area contributed by atoms with Gasteiger partial charge in [0.05, 0.1) is 17.9 Å². The van der Waals surface area contributed by atoms with Crippen LogP contribution in [0.2, 0.25) is 0 Å². The standard InChI is InChI=1S/C23H21N3O5/c1-3-29-20-7-5-4-6-19(20)23(28)25-16-8-10-18(11-9-16)30-14-17-13-22(27)26-21(24-17)12-15(2)31-26/h4-13H,3,14H2,1-2H3,(H,25,28). The van der Waals surface area contributed by atoms with E-state index in [0.29, 0.717) is 46.5 Å². The van der Waals surface area contributed by atoms with Gasteiger partial charge in [-0.15, -0.1) is 4.57 Å². The fourth-order valence-electron chi connectivity index (χ4n) is 3.07. The average molecular weight is 419 g/mol. The van der Waals surface area contributed by atoms with Crippen molar-refractivity contribution < 1.29 is 18.8 Å². The summed E-state index contributed by atoms with van der Waals surface area (Å²) in [4.78, 5) is 29.0. The van der Waals surface area contributed by atoms with Crippen LogP contribution in [0.25, 0.3) is 5.65 Å². The van der Waals surface area contributed by atoms with Crippen molar-refractivity contribution in [2.24, 2.45) is 0 Å². The average Bonchev–Trinajstić information content (AvgIpc) is 3.15. The summed E-state index contributed by atoms with van der Waals surface area (Å²) in [6, 6.07) is 17.1. The normalized spacial score (nSPS) is 10.8. The van der Waals surface area contributed by atoms with Crippen molar-refractivity contribution in [1.82, 2.24) is 9.56 Å². The first kappa shape index (κ1) is 20.2. The zero-order valence-electron chi connectivity index (χ0n) is 17.1. The van der Waals surface area contributed by atoms with Crippen molar-refractivity contribution in [3.8, 4) is 11.5 Å². The first-order valence-corrected chi connectivity index (χ1v) is 9.79. The Morgan fingerprint density at radius 1 is 1.10 bits per heavy atom. The van der Waals surface area contributed by atoms with E-state index >= 15 is 0 Å². The van der Waals surface area contributed by atoms with Crippen LogP contribution < -0.4 is 20.3 Å². The number of nitrogens with one attached hydrogen (secondary N) is 1. The molecule has 0 aliphatic heterocycles.